The minimum atomic E-state index is -0.128. The number of nitrogens with two attached hydrogens (primary N) is 1. The standard InChI is InChI=1S/C12H18N2O2/c1-9-2-3-10(16-9)11(15)14-8-12(4-5-12)6-7-13/h2-3H,4-8,13H2,1H3,(H,14,15). The first-order chi connectivity index (χ1) is 7.65. The molecular formula is C12H18N2O2. The van der Waals surface area contributed by atoms with Crippen LogP contribution in [0, 0.1) is 12.3 Å². The van der Waals surface area contributed by atoms with Crippen molar-refractivity contribution in [2.75, 3.05) is 13.1 Å². The average molecular weight is 222 g/mol. The monoisotopic (exact) mass is 222 g/mol. The molecular weight excluding hydrogens is 204 g/mol. The van der Waals surface area contributed by atoms with Gasteiger partial charge in [0.05, 0.1) is 0 Å². The van der Waals surface area contributed by atoms with Gasteiger partial charge >= 0.3 is 0 Å². The maximum atomic E-state index is 11.7. The fourth-order valence-electron chi connectivity index (χ4n) is 1.91. The van der Waals surface area contributed by atoms with Crippen LogP contribution < -0.4 is 11.1 Å². The van der Waals surface area contributed by atoms with E-state index < -0.39 is 0 Å². The van der Waals surface area contributed by atoms with Crippen LogP contribution in [0.3, 0.4) is 0 Å². The number of hydrogen-bond donors (Lipinski definition) is 2. The molecule has 16 heavy (non-hydrogen) atoms. The van der Waals surface area contributed by atoms with Gasteiger partial charge in [0.1, 0.15) is 5.76 Å². The highest BCUT2D eigenvalue weighted by Gasteiger charge is 2.41. The maximum Gasteiger partial charge on any atom is 0.287 e. The third-order valence-electron chi connectivity index (χ3n) is 3.22. The molecule has 1 fully saturated rings. The van der Waals surface area contributed by atoms with Gasteiger partial charge in [-0.05, 0) is 50.3 Å². The molecule has 88 valence electrons. The molecule has 2 rings (SSSR count). The van der Waals surface area contributed by atoms with Crippen LogP contribution in [0.5, 0.6) is 0 Å². The molecule has 0 atom stereocenters. The van der Waals surface area contributed by atoms with Gasteiger partial charge in [0.15, 0.2) is 5.76 Å². The van der Waals surface area contributed by atoms with Crippen molar-refractivity contribution in [3.63, 3.8) is 0 Å². The molecule has 0 aromatic carbocycles. The molecule has 1 heterocycles. The van der Waals surface area contributed by atoms with E-state index >= 15 is 0 Å². The second kappa shape index (κ2) is 4.29. The van der Waals surface area contributed by atoms with E-state index in [-0.39, 0.29) is 11.3 Å². The Bertz CT molecular complexity index is 380. The van der Waals surface area contributed by atoms with E-state index in [1.54, 1.807) is 12.1 Å². The summed E-state index contributed by atoms with van der Waals surface area (Å²) in [6.07, 6.45) is 3.33. The summed E-state index contributed by atoms with van der Waals surface area (Å²) in [5.74, 6) is 1.02. The van der Waals surface area contributed by atoms with E-state index in [1.165, 1.54) is 12.8 Å². The second-order valence-corrected chi connectivity index (χ2v) is 4.63. The topological polar surface area (TPSA) is 68.3 Å². The molecule has 0 bridgehead atoms. The second-order valence-electron chi connectivity index (χ2n) is 4.63. The van der Waals surface area contributed by atoms with Gasteiger partial charge in [-0.25, -0.2) is 0 Å². The van der Waals surface area contributed by atoms with Crippen LogP contribution in [0.1, 0.15) is 35.6 Å². The molecule has 0 spiro atoms. The Labute approximate surface area is 95.2 Å². The Morgan fingerprint density at radius 2 is 2.31 bits per heavy atom. The number of aryl methyl sites for hydroxylation is 1. The Balaban J connectivity index is 1.84. The number of rotatable bonds is 5. The zero-order valence-corrected chi connectivity index (χ0v) is 9.58. The number of furan rings is 1. The normalized spacial score (nSPS) is 17.1. The number of nitrogens with one attached hydrogen (secondary N) is 1. The number of carbonyl (C=O) groups excluding carboxylic acids is 1. The Morgan fingerprint density at radius 1 is 1.56 bits per heavy atom. The molecule has 4 heteroatoms. The van der Waals surface area contributed by atoms with Crippen molar-refractivity contribution in [1.29, 1.82) is 0 Å². The van der Waals surface area contributed by atoms with Crippen molar-refractivity contribution < 1.29 is 9.21 Å². The van der Waals surface area contributed by atoms with Crippen LogP contribution in [-0.4, -0.2) is 19.0 Å². The summed E-state index contributed by atoms with van der Waals surface area (Å²) < 4.78 is 5.25. The van der Waals surface area contributed by atoms with E-state index in [2.05, 4.69) is 5.32 Å². The third kappa shape index (κ3) is 2.44. The van der Waals surface area contributed by atoms with Crippen LogP contribution in [-0.2, 0) is 0 Å². The zero-order chi connectivity index (χ0) is 11.6. The molecule has 4 nitrogen and oxygen atoms in total. The molecule has 0 aliphatic heterocycles. The van der Waals surface area contributed by atoms with E-state index in [0.717, 1.165) is 12.2 Å². The Hall–Kier alpha value is -1.29. The van der Waals surface area contributed by atoms with Gasteiger partial charge in [-0.15, -0.1) is 0 Å². The first-order valence-electron chi connectivity index (χ1n) is 5.70. The molecule has 1 amide bonds. The summed E-state index contributed by atoms with van der Waals surface area (Å²) in [4.78, 5) is 11.7. The van der Waals surface area contributed by atoms with Gasteiger partial charge in [0, 0.05) is 6.54 Å². The summed E-state index contributed by atoms with van der Waals surface area (Å²) in [6, 6.07) is 3.49. The van der Waals surface area contributed by atoms with Gasteiger partial charge in [-0.1, -0.05) is 0 Å². The summed E-state index contributed by atoms with van der Waals surface area (Å²) in [7, 11) is 0. The van der Waals surface area contributed by atoms with E-state index in [0.29, 0.717) is 18.8 Å². The van der Waals surface area contributed by atoms with Crippen LogP contribution >= 0.6 is 0 Å². The lowest BCUT2D eigenvalue weighted by molar-refractivity contribution is 0.0915. The molecule has 0 radical (unpaired) electrons. The minimum Gasteiger partial charge on any atom is -0.456 e. The molecule has 1 aromatic heterocycles. The molecule has 0 saturated heterocycles. The smallest absolute Gasteiger partial charge is 0.287 e. The minimum absolute atomic E-state index is 0.128. The highest BCUT2D eigenvalue weighted by molar-refractivity contribution is 5.91. The molecule has 1 saturated carbocycles. The van der Waals surface area contributed by atoms with Crippen LogP contribution in [0.4, 0.5) is 0 Å². The van der Waals surface area contributed by atoms with Crippen LogP contribution in [0.15, 0.2) is 16.5 Å². The highest BCUT2D eigenvalue weighted by Crippen LogP contribution is 2.47. The van der Waals surface area contributed by atoms with Gasteiger partial charge in [-0.2, -0.15) is 0 Å². The van der Waals surface area contributed by atoms with Gasteiger partial charge in [-0.3, -0.25) is 4.79 Å². The SMILES string of the molecule is Cc1ccc(C(=O)NCC2(CCN)CC2)o1. The Morgan fingerprint density at radius 3 is 2.81 bits per heavy atom. The zero-order valence-electron chi connectivity index (χ0n) is 9.58. The van der Waals surface area contributed by atoms with Gasteiger partial charge in [0.2, 0.25) is 0 Å². The maximum absolute atomic E-state index is 11.7. The highest BCUT2D eigenvalue weighted by atomic mass is 16.3. The first kappa shape index (κ1) is 11.2. The first-order valence-corrected chi connectivity index (χ1v) is 5.70. The molecule has 1 aliphatic rings. The fraction of sp³-hybridized carbons (Fsp3) is 0.583. The van der Waals surface area contributed by atoms with Crippen LogP contribution in [0.25, 0.3) is 0 Å². The number of carbonyl (C=O) groups is 1. The van der Waals surface area contributed by atoms with E-state index in [4.69, 9.17) is 10.2 Å². The predicted molar refractivity (Wildman–Crippen MR) is 61.1 cm³/mol. The van der Waals surface area contributed by atoms with Gasteiger partial charge < -0.3 is 15.5 Å². The Kier molecular flexibility index (Phi) is 3.01. The molecule has 1 aliphatic carbocycles. The quantitative estimate of drug-likeness (QED) is 0.792. The lowest BCUT2D eigenvalue weighted by Crippen LogP contribution is -2.31. The number of hydrogen-bond acceptors (Lipinski definition) is 3. The summed E-state index contributed by atoms with van der Waals surface area (Å²) in [6.45, 7) is 3.23. The van der Waals surface area contributed by atoms with Gasteiger partial charge in [0.25, 0.3) is 5.91 Å². The number of amides is 1. The average Bonchev–Trinajstić information content (AvgIpc) is 2.89. The summed E-state index contributed by atoms with van der Waals surface area (Å²) in [5, 5.41) is 2.91. The van der Waals surface area contributed by atoms with Crippen molar-refractivity contribution in [3.05, 3.63) is 23.7 Å². The van der Waals surface area contributed by atoms with Crippen molar-refractivity contribution in [2.24, 2.45) is 11.1 Å². The lowest BCUT2D eigenvalue weighted by atomic mass is 10.0. The van der Waals surface area contributed by atoms with Crippen LogP contribution in [0.2, 0.25) is 0 Å². The lowest BCUT2D eigenvalue weighted by Gasteiger charge is -2.13. The largest absolute Gasteiger partial charge is 0.456 e. The fourth-order valence-corrected chi connectivity index (χ4v) is 1.91. The predicted octanol–water partition coefficient (Wildman–Crippen LogP) is 1.45. The molecule has 1 aromatic rings. The summed E-state index contributed by atoms with van der Waals surface area (Å²) >= 11 is 0. The van der Waals surface area contributed by atoms with Crippen molar-refractivity contribution in [1.82, 2.24) is 5.32 Å². The van der Waals surface area contributed by atoms with E-state index in [9.17, 15) is 4.79 Å². The molecule has 0 unspecified atom stereocenters. The van der Waals surface area contributed by atoms with E-state index in [1.807, 2.05) is 6.92 Å². The molecule has 3 N–H and O–H groups in total. The third-order valence-corrected chi connectivity index (χ3v) is 3.22. The summed E-state index contributed by atoms with van der Waals surface area (Å²) in [5.41, 5.74) is 5.81. The van der Waals surface area contributed by atoms with Crippen molar-refractivity contribution >= 4 is 5.91 Å². The van der Waals surface area contributed by atoms with Crippen molar-refractivity contribution in [2.45, 2.75) is 26.2 Å². The van der Waals surface area contributed by atoms with Crippen molar-refractivity contribution in [3.8, 4) is 0 Å².